The van der Waals surface area contributed by atoms with Crippen molar-refractivity contribution in [2.45, 2.75) is 5.66 Å². The summed E-state index contributed by atoms with van der Waals surface area (Å²) in [6.45, 7) is 0. The minimum atomic E-state index is -0.507. The van der Waals surface area contributed by atoms with Crippen LogP contribution in [0, 0.1) is 0 Å². The lowest BCUT2D eigenvalue weighted by Gasteiger charge is -2.33. The summed E-state index contributed by atoms with van der Waals surface area (Å²) in [4.78, 5) is 5.07. The van der Waals surface area contributed by atoms with Crippen molar-refractivity contribution in [3.63, 3.8) is 0 Å². The van der Waals surface area contributed by atoms with Crippen LogP contribution in [0.15, 0.2) is 83.9 Å². The molecule has 2 heteroatoms. The SMILES string of the molecule is C1=CC2(C=Cc3cc4ccccc4cc3N2)N=C2C=c3ccccc3=C12. The molecule has 1 N–H and O–H groups in total. The maximum absolute atomic E-state index is 5.07. The van der Waals surface area contributed by atoms with Gasteiger partial charge in [0.15, 0.2) is 5.66 Å². The fourth-order valence-corrected chi connectivity index (χ4v) is 4.09. The van der Waals surface area contributed by atoms with Crippen LogP contribution in [-0.4, -0.2) is 11.4 Å². The monoisotopic (exact) mass is 332 g/mol. The van der Waals surface area contributed by atoms with Gasteiger partial charge in [0.2, 0.25) is 0 Å². The fraction of sp³-hybridized carbons (Fsp3) is 0.0417. The van der Waals surface area contributed by atoms with Crippen LogP contribution in [0.2, 0.25) is 0 Å². The van der Waals surface area contributed by atoms with Crippen LogP contribution in [-0.2, 0) is 0 Å². The van der Waals surface area contributed by atoms with E-state index < -0.39 is 5.66 Å². The van der Waals surface area contributed by atoms with E-state index in [9.17, 15) is 0 Å². The summed E-state index contributed by atoms with van der Waals surface area (Å²) >= 11 is 0. The third-order valence-corrected chi connectivity index (χ3v) is 5.40. The van der Waals surface area contributed by atoms with E-state index >= 15 is 0 Å². The normalized spacial score (nSPS) is 21.7. The summed E-state index contributed by atoms with van der Waals surface area (Å²) in [6, 6.07) is 21.4. The number of anilines is 1. The van der Waals surface area contributed by atoms with Gasteiger partial charge in [-0.2, -0.15) is 0 Å². The number of hydrogen-bond donors (Lipinski definition) is 1. The standard InChI is InChI=1S/C24H16N2/c1-2-6-17-14-22-19(13-16(17)5-1)9-11-24(25-22)12-10-21-20-8-4-3-7-18(20)15-23(21)26-24/h1-15,25H. The molecule has 122 valence electrons. The lowest BCUT2D eigenvalue weighted by molar-refractivity contribution is 0.754. The Morgan fingerprint density at radius 3 is 2.50 bits per heavy atom. The molecule has 3 aliphatic rings. The minimum absolute atomic E-state index is 0.507. The highest BCUT2D eigenvalue weighted by molar-refractivity contribution is 6.38. The number of dihydropyridines is 1. The van der Waals surface area contributed by atoms with Gasteiger partial charge in [0, 0.05) is 11.3 Å². The van der Waals surface area contributed by atoms with Crippen LogP contribution in [0.5, 0.6) is 0 Å². The van der Waals surface area contributed by atoms with Gasteiger partial charge < -0.3 is 5.32 Å². The Morgan fingerprint density at radius 1 is 0.808 bits per heavy atom. The van der Waals surface area contributed by atoms with Crippen molar-refractivity contribution in [1.29, 1.82) is 0 Å². The van der Waals surface area contributed by atoms with E-state index in [1.54, 1.807) is 0 Å². The van der Waals surface area contributed by atoms with Crippen LogP contribution < -0.4 is 15.8 Å². The van der Waals surface area contributed by atoms with Crippen LogP contribution in [0.3, 0.4) is 0 Å². The molecular formula is C24H16N2. The van der Waals surface area contributed by atoms with Crippen LogP contribution in [0.1, 0.15) is 5.56 Å². The van der Waals surface area contributed by atoms with Gasteiger partial charge in [-0.05, 0) is 57.1 Å². The van der Waals surface area contributed by atoms with E-state index in [0.29, 0.717) is 0 Å². The largest absolute Gasteiger partial charge is 0.354 e. The van der Waals surface area contributed by atoms with Crippen molar-refractivity contribution in [3.8, 4) is 0 Å². The highest BCUT2D eigenvalue weighted by Crippen LogP contribution is 2.35. The Labute approximate surface area is 151 Å². The molecule has 0 saturated carbocycles. The van der Waals surface area contributed by atoms with Crippen molar-refractivity contribution >= 4 is 39.9 Å². The quantitative estimate of drug-likeness (QED) is 0.668. The molecule has 2 nitrogen and oxygen atoms in total. The zero-order chi connectivity index (χ0) is 17.1. The third kappa shape index (κ3) is 1.90. The predicted octanol–water partition coefficient (Wildman–Crippen LogP) is 3.63. The second-order valence-corrected chi connectivity index (χ2v) is 7.05. The number of allylic oxidation sites excluding steroid dienone is 1. The number of fused-ring (bicyclic) bond motifs is 4. The van der Waals surface area contributed by atoms with Crippen molar-refractivity contribution in [1.82, 2.24) is 0 Å². The Bertz CT molecular complexity index is 1310. The van der Waals surface area contributed by atoms with Crippen molar-refractivity contribution < 1.29 is 0 Å². The molecule has 6 rings (SSSR count). The molecule has 0 radical (unpaired) electrons. The third-order valence-electron chi connectivity index (χ3n) is 5.40. The zero-order valence-electron chi connectivity index (χ0n) is 14.1. The van der Waals surface area contributed by atoms with Crippen molar-refractivity contribution in [2.75, 3.05) is 5.32 Å². The van der Waals surface area contributed by atoms with Gasteiger partial charge in [0.25, 0.3) is 0 Å². The van der Waals surface area contributed by atoms with Crippen molar-refractivity contribution in [3.05, 3.63) is 94.9 Å². The van der Waals surface area contributed by atoms with Crippen LogP contribution in [0.4, 0.5) is 5.69 Å². The van der Waals surface area contributed by atoms with Crippen molar-refractivity contribution in [2.24, 2.45) is 4.99 Å². The average molecular weight is 332 g/mol. The van der Waals surface area contributed by atoms with E-state index in [1.807, 2.05) is 0 Å². The fourth-order valence-electron chi connectivity index (χ4n) is 4.09. The first-order chi connectivity index (χ1) is 12.8. The molecule has 1 unspecified atom stereocenters. The molecule has 0 amide bonds. The highest BCUT2D eigenvalue weighted by Gasteiger charge is 2.31. The summed E-state index contributed by atoms with van der Waals surface area (Å²) in [5.41, 5.74) is 4.09. The van der Waals surface area contributed by atoms with Gasteiger partial charge in [-0.25, -0.2) is 4.99 Å². The van der Waals surface area contributed by atoms with Gasteiger partial charge in [-0.15, -0.1) is 0 Å². The number of nitrogens with zero attached hydrogens (tertiary/aromatic N) is 1. The van der Waals surface area contributed by atoms with E-state index in [4.69, 9.17) is 4.99 Å². The lowest BCUT2D eigenvalue weighted by Crippen LogP contribution is -2.36. The molecule has 1 atom stereocenters. The molecule has 0 bridgehead atoms. The average Bonchev–Trinajstić information content (AvgIpc) is 3.03. The maximum Gasteiger partial charge on any atom is 0.169 e. The number of benzene rings is 3. The van der Waals surface area contributed by atoms with Gasteiger partial charge in [-0.3, -0.25) is 0 Å². The number of hydrogen-bond acceptors (Lipinski definition) is 2. The van der Waals surface area contributed by atoms with Gasteiger partial charge in [-0.1, -0.05) is 60.7 Å². The van der Waals surface area contributed by atoms with Crippen LogP contribution in [0.25, 0.3) is 28.5 Å². The molecule has 3 aromatic rings. The number of nitrogens with one attached hydrogen (secondary N) is 1. The molecular weight excluding hydrogens is 316 g/mol. The van der Waals surface area contributed by atoms with E-state index in [0.717, 1.165) is 11.4 Å². The van der Waals surface area contributed by atoms with E-state index in [1.165, 1.54) is 32.3 Å². The highest BCUT2D eigenvalue weighted by atomic mass is 15.1. The Hall–Kier alpha value is -3.39. The minimum Gasteiger partial charge on any atom is -0.354 e. The smallest absolute Gasteiger partial charge is 0.169 e. The maximum atomic E-state index is 5.07. The Balaban J connectivity index is 1.49. The molecule has 26 heavy (non-hydrogen) atoms. The molecule has 0 saturated heterocycles. The first-order valence-corrected chi connectivity index (χ1v) is 8.91. The Kier molecular flexibility index (Phi) is 2.57. The summed E-state index contributed by atoms with van der Waals surface area (Å²) < 4.78 is 0. The summed E-state index contributed by atoms with van der Waals surface area (Å²) in [5.74, 6) is 0. The lowest BCUT2D eigenvalue weighted by atomic mass is 9.94. The summed E-state index contributed by atoms with van der Waals surface area (Å²) in [5, 5.41) is 8.66. The zero-order valence-corrected chi connectivity index (χ0v) is 14.1. The molecule has 2 aliphatic heterocycles. The second kappa shape index (κ2) is 4.83. The number of rotatable bonds is 0. The number of aliphatic imine (C=N–C) groups is 1. The summed E-state index contributed by atoms with van der Waals surface area (Å²) in [7, 11) is 0. The molecule has 0 aromatic heterocycles. The van der Waals surface area contributed by atoms with Gasteiger partial charge in [0.1, 0.15) is 0 Å². The van der Waals surface area contributed by atoms with E-state index in [2.05, 4.69) is 96.4 Å². The van der Waals surface area contributed by atoms with E-state index in [-0.39, 0.29) is 0 Å². The summed E-state index contributed by atoms with van der Waals surface area (Å²) in [6.07, 6.45) is 10.9. The topological polar surface area (TPSA) is 24.4 Å². The van der Waals surface area contributed by atoms with Crippen LogP contribution >= 0.6 is 0 Å². The first-order valence-electron chi connectivity index (χ1n) is 8.91. The molecule has 2 heterocycles. The Morgan fingerprint density at radius 2 is 1.58 bits per heavy atom. The predicted molar refractivity (Wildman–Crippen MR) is 109 cm³/mol. The van der Waals surface area contributed by atoms with Gasteiger partial charge in [0.05, 0.1) is 5.71 Å². The first kappa shape index (κ1) is 13.9. The molecule has 3 aromatic carbocycles. The second-order valence-electron chi connectivity index (χ2n) is 7.05. The molecule has 1 aliphatic carbocycles. The van der Waals surface area contributed by atoms with Gasteiger partial charge >= 0.3 is 0 Å². The molecule has 1 spiro atoms. The molecule has 0 fully saturated rings.